The van der Waals surface area contributed by atoms with Crippen LogP contribution in [0, 0.1) is 18.3 Å². The van der Waals surface area contributed by atoms with Crippen molar-refractivity contribution in [2.75, 3.05) is 6.54 Å². The highest BCUT2D eigenvalue weighted by Gasteiger charge is 2.39. The Bertz CT molecular complexity index is 691. The highest BCUT2D eigenvalue weighted by molar-refractivity contribution is 7.89. The van der Waals surface area contributed by atoms with E-state index >= 15 is 0 Å². The first-order valence-electron chi connectivity index (χ1n) is 6.20. The van der Waals surface area contributed by atoms with Gasteiger partial charge in [0, 0.05) is 6.54 Å². The molecule has 0 aromatic heterocycles. The summed E-state index contributed by atoms with van der Waals surface area (Å²) in [7, 11) is -3.81. The van der Waals surface area contributed by atoms with E-state index in [0.717, 1.165) is 4.31 Å². The van der Waals surface area contributed by atoms with Crippen LogP contribution in [-0.4, -0.2) is 31.2 Å². The topological polar surface area (TPSA) is 104 Å². The van der Waals surface area contributed by atoms with Crippen LogP contribution in [0.5, 0.6) is 0 Å². The lowest BCUT2D eigenvalue weighted by atomic mass is 10.2. The summed E-state index contributed by atoms with van der Waals surface area (Å²) < 4.78 is 26.4. The van der Waals surface area contributed by atoms with Crippen LogP contribution in [-0.2, 0) is 14.8 Å². The molecule has 20 heavy (non-hydrogen) atoms. The molecule has 1 aliphatic rings. The summed E-state index contributed by atoms with van der Waals surface area (Å²) in [6, 6.07) is 5.59. The lowest BCUT2D eigenvalue weighted by molar-refractivity contribution is -0.121. The Kier molecular flexibility index (Phi) is 3.79. The van der Waals surface area contributed by atoms with Gasteiger partial charge in [-0.2, -0.15) is 9.57 Å². The number of carbonyl (C=O) groups is 1. The second-order valence-corrected chi connectivity index (χ2v) is 6.63. The minimum atomic E-state index is -3.81. The molecule has 106 valence electrons. The predicted molar refractivity (Wildman–Crippen MR) is 72.0 cm³/mol. The summed E-state index contributed by atoms with van der Waals surface area (Å²) in [5.74, 6) is -0.639. The van der Waals surface area contributed by atoms with Crippen molar-refractivity contribution in [3.63, 3.8) is 0 Å². The fraction of sp³-hybridized carbons (Fsp3) is 0.385. The molecule has 1 aromatic rings. The molecule has 1 unspecified atom stereocenters. The molecule has 0 radical (unpaired) electrons. The zero-order valence-corrected chi connectivity index (χ0v) is 11.9. The van der Waals surface area contributed by atoms with Gasteiger partial charge in [0.05, 0.1) is 16.5 Å². The highest BCUT2D eigenvalue weighted by atomic mass is 32.2. The van der Waals surface area contributed by atoms with Crippen LogP contribution in [0.2, 0.25) is 0 Å². The van der Waals surface area contributed by atoms with Gasteiger partial charge in [0.15, 0.2) is 0 Å². The molecule has 2 rings (SSSR count). The van der Waals surface area contributed by atoms with E-state index in [2.05, 4.69) is 0 Å². The summed E-state index contributed by atoms with van der Waals surface area (Å²) in [6.07, 6.45) is 1.04. The number of carbonyl (C=O) groups excluding carboxylic acids is 1. The van der Waals surface area contributed by atoms with Gasteiger partial charge in [-0.1, -0.05) is 6.07 Å². The second-order valence-electron chi connectivity index (χ2n) is 4.77. The third kappa shape index (κ3) is 2.40. The lowest BCUT2D eigenvalue weighted by Gasteiger charge is -2.22. The minimum absolute atomic E-state index is 0.0599. The van der Waals surface area contributed by atoms with Gasteiger partial charge in [-0.15, -0.1) is 0 Å². The van der Waals surface area contributed by atoms with Crippen molar-refractivity contribution in [2.45, 2.75) is 30.7 Å². The number of nitrogens with zero attached hydrogens (tertiary/aromatic N) is 2. The van der Waals surface area contributed by atoms with Gasteiger partial charge in [0.1, 0.15) is 6.04 Å². The van der Waals surface area contributed by atoms with Gasteiger partial charge in [0.2, 0.25) is 15.9 Å². The Balaban J connectivity index is 2.51. The van der Waals surface area contributed by atoms with Crippen molar-refractivity contribution in [2.24, 2.45) is 5.73 Å². The van der Waals surface area contributed by atoms with E-state index in [9.17, 15) is 13.2 Å². The van der Waals surface area contributed by atoms with E-state index in [1.54, 1.807) is 19.1 Å². The maximum Gasteiger partial charge on any atom is 0.244 e. The molecule has 7 heteroatoms. The standard InChI is InChI=1S/C13H15N3O3S/c1-9-4-5-10(8-14)7-12(9)20(18,19)16-6-2-3-11(16)13(15)17/h4-5,7,11H,2-3,6H2,1H3,(H2,15,17). The Morgan fingerprint density at radius 1 is 1.50 bits per heavy atom. The summed E-state index contributed by atoms with van der Waals surface area (Å²) in [6.45, 7) is 1.93. The van der Waals surface area contributed by atoms with Crippen LogP contribution in [0.3, 0.4) is 0 Å². The monoisotopic (exact) mass is 293 g/mol. The zero-order valence-electron chi connectivity index (χ0n) is 11.0. The molecule has 0 aliphatic carbocycles. The van der Waals surface area contributed by atoms with Crippen LogP contribution >= 0.6 is 0 Å². The average Bonchev–Trinajstić information content (AvgIpc) is 2.89. The van der Waals surface area contributed by atoms with E-state index in [1.165, 1.54) is 6.07 Å². The number of hydrogen-bond acceptors (Lipinski definition) is 4. The summed E-state index contributed by atoms with van der Waals surface area (Å²) in [5, 5.41) is 8.89. The molecule has 1 aromatic carbocycles. The lowest BCUT2D eigenvalue weighted by Crippen LogP contribution is -2.43. The van der Waals surface area contributed by atoms with Crippen LogP contribution in [0.25, 0.3) is 0 Å². The predicted octanol–water partition coefficient (Wildman–Crippen LogP) is 0.505. The summed E-state index contributed by atoms with van der Waals surface area (Å²) in [4.78, 5) is 11.4. The zero-order chi connectivity index (χ0) is 14.9. The van der Waals surface area contributed by atoms with E-state index in [4.69, 9.17) is 11.0 Å². The number of amides is 1. The Hall–Kier alpha value is -1.91. The number of sulfonamides is 1. The average molecular weight is 293 g/mol. The molecular weight excluding hydrogens is 278 g/mol. The first-order chi connectivity index (χ1) is 9.37. The third-order valence-electron chi connectivity index (χ3n) is 3.44. The summed E-state index contributed by atoms with van der Waals surface area (Å²) in [5.41, 5.74) is 6.07. The summed E-state index contributed by atoms with van der Waals surface area (Å²) >= 11 is 0. The van der Waals surface area contributed by atoms with E-state index in [0.29, 0.717) is 18.4 Å². The molecule has 1 saturated heterocycles. The van der Waals surface area contributed by atoms with E-state index in [-0.39, 0.29) is 17.0 Å². The largest absolute Gasteiger partial charge is 0.368 e. The molecular formula is C13H15N3O3S. The van der Waals surface area contributed by atoms with Crippen molar-refractivity contribution >= 4 is 15.9 Å². The van der Waals surface area contributed by atoms with Gasteiger partial charge in [-0.05, 0) is 37.5 Å². The third-order valence-corrected chi connectivity index (χ3v) is 5.49. The fourth-order valence-electron chi connectivity index (χ4n) is 2.39. The Morgan fingerprint density at radius 3 is 2.80 bits per heavy atom. The quantitative estimate of drug-likeness (QED) is 0.876. The molecule has 0 bridgehead atoms. The Labute approximate surface area is 117 Å². The molecule has 1 atom stereocenters. The SMILES string of the molecule is Cc1ccc(C#N)cc1S(=O)(=O)N1CCCC1C(N)=O. The molecule has 1 heterocycles. The molecule has 1 aliphatic heterocycles. The molecule has 0 saturated carbocycles. The smallest absolute Gasteiger partial charge is 0.244 e. The normalized spacial score (nSPS) is 19.7. The number of aryl methyl sites for hydroxylation is 1. The molecule has 0 spiro atoms. The molecule has 6 nitrogen and oxygen atoms in total. The maximum atomic E-state index is 12.6. The molecule has 1 fully saturated rings. The first kappa shape index (κ1) is 14.5. The number of nitriles is 1. The number of nitrogens with two attached hydrogens (primary N) is 1. The highest BCUT2D eigenvalue weighted by Crippen LogP contribution is 2.28. The maximum absolute atomic E-state index is 12.6. The van der Waals surface area contributed by atoms with Crippen molar-refractivity contribution < 1.29 is 13.2 Å². The van der Waals surface area contributed by atoms with Crippen LogP contribution in [0.15, 0.2) is 23.1 Å². The van der Waals surface area contributed by atoms with Gasteiger partial charge in [-0.3, -0.25) is 4.79 Å². The van der Waals surface area contributed by atoms with Gasteiger partial charge in [0.25, 0.3) is 0 Å². The van der Waals surface area contributed by atoms with Gasteiger partial charge >= 0.3 is 0 Å². The van der Waals surface area contributed by atoms with Crippen molar-refractivity contribution in [1.82, 2.24) is 4.31 Å². The van der Waals surface area contributed by atoms with Crippen molar-refractivity contribution in [1.29, 1.82) is 5.26 Å². The molecule has 2 N–H and O–H groups in total. The van der Waals surface area contributed by atoms with Gasteiger partial charge in [-0.25, -0.2) is 8.42 Å². The Morgan fingerprint density at radius 2 is 2.20 bits per heavy atom. The van der Waals surface area contributed by atoms with E-state index in [1.807, 2.05) is 6.07 Å². The van der Waals surface area contributed by atoms with Gasteiger partial charge < -0.3 is 5.73 Å². The fourth-order valence-corrected chi connectivity index (χ4v) is 4.30. The van der Waals surface area contributed by atoms with Crippen LogP contribution in [0.1, 0.15) is 24.0 Å². The van der Waals surface area contributed by atoms with Crippen molar-refractivity contribution in [3.05, 3.63) is 29.3 Å². The van der Waals surface area contributed by atoms with E-state index < -0.39 is 22.0 Å². The number of hydrogen-bond donors (Lipinski definition) is 1. The van der Waals surface area contributed by atoms with Crippen molar-refractivity contribution in [3.8, 4) is 6.07 Å². The molecule has 1 amide bonds. The number of benzene rings is 1. The minimum Gasteiger partial charge on any atom is -0.368 e. The number of primary amides is 1. The number of rotatable bonds is 3. The van der Waals surface area contributed by atoms with Crippen LogP contribution in [0.4, 0.5) is 0 Å². The first-order valence-corrected chi connectivity index (χ1v) is 7.64. The van der Waals surface area contributed by atoms with Crippen LogP contribution < -0.4 is 5.73 Å². The second kappa shape index (κ2) is 5.23.